The van der Waals surface area contributed by atoms with Crippen molar-refractivity contribution >= 4 is 17.5 Å². The van der Waals surface area contributed by atoms with Crippen LogP contribution in [0.15, 0.2) is 54.6 Å². The molecular formula is C23H25ClFN3O. The lowest BCUT2D eigenvalue weighted by Crippen LogP contribution is -2.28. The Labute approximate surface area is 175 Å². The lowest BCUT2D eigenvalue weighted by molar-refractivity contribution is -0.122. The average Bonchev–Trinajstić information content (AvgIpc) is 3.11. The van der Waals surface area contributed by atoms with E-state index in [4.69, 9.17) is 16.7 Å². The maximum absolute atomic E-state index is 14.0. The van der Waals surface area contributed by atoms with Gasteiger partial charge in [-0.25, -0.2) is 9.07 Å². The molecule has 0 spiro atoms. The van der Waals surface area contributed by atoms with Gasteiger partial charge in [-0.05, 0) is 42.8 Å². The monoisotopic (exact) mass is 413 g/mol. The minimum Gasteiger partial charge on any atom is -0.350 e. The van der Waals surface area contributed by atoms with Gasteiger partial charge in [0.2, 0.25) is 5.91 Å². The van der Waals surface area contributed by atoms with Crippen molar-refractivity contribution in [2.24, 2.45) is 0 Å². The summed E-state index contributed by atoms with van der Waals surface area (Å²) in [5.74, 6) is -1.22. The Bertz CT molecular complexity index is 1020. The molecule has 1 atom stereocenters. The number of aromatic nitrogens is 2. The van der Waals surface area contributed by atoms with Crippen LogP contribution in [0.1, 0.15) is 50.6 Å². The standard InChI is InChI=1S/C23H25ClFN3O/c1-15(19-10-5-6-11-20(19)25)22(29)26-14-18-13-21(23(2,3)4)27-28(18)17-9-7-8-16(24)12-17/h5-13,15H,14H2,1-4H3,(H,26,29). The highest BCUT2D eigenvalue weighted by atomic mass is 35.5. The summed E-state index contributed by atoms with van der Waals surface area (Å²) >= 11 is 6.15. The van der Waals surface area contributed by atoms with Crippen molar-refractivity contribution in [2.45, 2.75) is 45.6 Å². The molecule has 1 unspecified atom stereocenters. The van der Waals surface area contributed by atoms with Gasteiger partial charge in [-0.1, -0.05) is 56.6 Å². The van der Waals surface area contributed by atoms with Gasteiger partial charge in [0.15, 0.2) is 0 Å². The number of nitrogens with zero attached hydrogens (tertiary/aromatic N) is 2. The molecule has 0 aliphatic rings. The summed E-state index contributed by atoms with van der Waals surface area (Å²) in [6, 6.07) is 15.7. The normalized spacial score (nSPS) is 12.6. The van der Waals surface area contributed by atoms with Crippen LogP contribution in [0.5, 0.6) is 0 Å². The van der Waals surface area contributed by atoms with Gasteiger partial charge in [0.25, 0.3) is 0 Å². The molecule has 0 saturated carbocycles. The molecule has 0 aliphatic carbocycles. The van der Waals surface area contributed by atoms with Crippen molar-refractivity contribution in [3.8, 4) is 5.69 Å². The van der Waals surface area contributed by atoms with E-state index in [-0.39, 0.29) is 23.7 Å². The first-order valence-corrected chi connectivity index (χ1v) is 9.92. The fraction of sp³-hybridized carbons (Fsp3) is 0.304. The molecule has 6 heteroatoms. The number of amides is 1. The van der Waals surface area contributed by atoms with E-state index >= 15 is 0 Å². The first-order valence-electron chi connectivity index (χ1n) is 9.54. The van der Waals surface area contributed by atoms with Gasteiger partial charge >= 0.3 is 0 Å². The van der Waals surface area contributed by atoms with E-state index in [0.29, 0.717) is 10.6 Å². The minimum atomic E-state index is -0.596. The smallest absolute Gasteiger partial charge is 0.227 e. The molecule has 0 bridgehead atoms. The van der Waals surface area contributed by atoms with E-state index in [1.165, 1.54) is 6.07 Å². The SMILES string of the molecule is CC(C(=O)NCc1cc(C(C)(C)C)nn1-c1cccc(Cl)c1)c1ccccc1F. The minimum absolute atomic E-state index is 0.150. The molecule has 1 N–H and O–H groups in total. The van der Waals surface area contributed by atoms with Crippen LogP contribution in [0.3, 0.4) is 0 Å². The Morgan fingerprint density at radius 2 is 1.90 bits per heavy atom. The first kappa shape index (κ1) is 21.1. The second-order valence-corrected chi connectivity index (χ2v) is 8.56. The van der Waals surface area contributed by atoms with Gasteiger partial charge in [-0.3, -0.25) is 4.79 Å². The predicted molar refractivity (Wildman–Crippen MR) is 114 cm³/mol. The molecule has 0 aliphatic heterocycles. The van der Waals surface area contributed by atoms with Gasteiger partial charge in [0, 0.05) is 10.4 Å². The van der Waals surface area contributed by atoms with Gasteiger partial charge in [0.05, 0.1) is 29.5 Å². The van der Waals surface area contributed by atoms with Crippen LogP contribution in [0.25, 0.3) is 5.69 Å². The highest BCUT2D eigenvalue weighted by molar-refractivity contribution is 6.30. The molecule has 0 radical (unpaired) electrons. The molecule has 3 rings (SSSR count). The third-order valence-corrected chi connectivity index (χ3v) is 5.05. The summed E-state index contributed by atoms with van der Waals surface area (Å²) in [5, 5.41) is 8.26. The van der Waals surface area contributed by atoms with Crippen LogP contribution in [0, 0.1) is 5.82 Å². The zero-order chi connectivity index (χ0) is 21.2. The third-order valence-electron chi connectivity index (χ3n) is 4.81. The molecule has 2 aromatic carbocycles. The van der Waals surface area contributed by atoms with Gasteiger partial charge < -0.3 is 5.32 Å². The van der Waals surface area contributed by atoms with Gasteiger partial charge in [-0.15, -0.1) is 0 Å². The first-order chi connectivity index (χ1) is 13.7. The number of carbonyl (C=O) groups is 1. The Hall–Kier alpha value is -2.66. The maximum Gasteiger partial charge on any atom is 0.227 e. The molecule has 3 aromatic rings. The highest BCUT2D eigenvalue weighted by Crippen LogP contribution is 2.25. The molecule has 0 saturated heterocycles. The van der Waals surface area contributed by atoms with Crippen LogP contribution >= 0.6 is 11.6 Å². The van der Waals surface area contributed by atoms with Crippen LogP contribution in [0.2, 0.25) is 5.02 Å². The number of benzene rings is 2. The second-order valence-electron chi connectivity index (χ2n) is 8.12. The number of hydrogen-bond acceptors (Lipinski definition) is 2. The van der Waals surface area contributed by atoms with E-state index < -0.39 is 5.92 Å². The summed E-state index contributed by atoms with van der Waals surface area (Å²) in [4.78, 5) is 12.6. The highest BCUT2D eigenvalue weighted by Gasteiger charge is 2.22. The molecule has 0 fully saturated rings. The van der Waals surface area contributed by atoms with Crippen molar-refractivity contribution < 1.29 is 9.18 Å². The second kappa shape index (κ2) is 8.37. The lowest BCUT2D eigenvalue weighted by atomic mass is 9.92. The topological polar surface area (TPSA) is 46.9 Å². The van der Waals surface area contributed by atoms with Crippen LogP contribution in [0.4, 0.5) is 4.39 Å². The van der Waals surface area contributed by atoms with Crippen molar-refractivity contribution in [3.05, 3.63) is 82.4 Å². The Morgan fingerprint density at radius 1 is 1.17 bits per heavy atom. The summed E-state index contributed by atoms with van der Waals surface area (Å²) in [7, 11) is 0. The van der Waals surface area contributed by atoms with E-state index in [0.717, 1.165) is 17.1 Å². The molecule has 29 heavy (non-hydrogen) atoms. The van der Waals surface area contributed by atoms with Crippen molar-refractivity contribution in [3.63, 3.8) is 0 Å². The molecular weight excluding hydrogens is 389 g/mol. The zero-order valence-electron chi connectivity index (χ0n) is 17.0. The largest absolute Gasteiger partial charge is 0.350 e. The molecule has 1 amide bonds. The number of hydrogen-bond donors (Lipinski definition) is 1. The predicted octanol–water partition coefficient (Wildman–Crippen LogP) is 5.38. The average molecular weight is 414 g/mol. The number of nitrogens with one attached hydrogen (secondary N) is 1. The van der Waals surface area contributed by atoms with Crippen molar-refractivity contribution in [1.29, 1.82) is 0 Å². The van der Waals surface area contributed by atoms with E-state index in [1.54, 1.807) is 35.9 Å². The van der Waals surface area contributed by atoms with Crippen molar-refractivity contribution in [2.75, 3.05) is 0 Å². The summed E-state index contributed by atoms with van der Waals surface area (Å²) in [6.45, 7) is 8.22. The maximum atomic E-state index is 14.0. The van der Waals surface area contributed by atoms with Crippen LogP contribution < -0.4 is 5.32 Å². The third kappa shape index (κ3) is 4.85. The van der Waals surface area contributed by atoms with E-state index in [1.807, 2.05) is 24.3 Å². The Kier molecular flexibility index (Phi) is 6.08. The molecule has 1 heterocycles. The molecule has 4 nitrogen and oxygen atoms in total. The quantitative estimate of drug-likeness (QED) is 0.610. The van der Waals surface area contributed by atoms with Gasteiger partial charge in [-0.2, -0.15) is 5.10 Å². The summed E-state index contributed by atoms with van der Waals surface area (Å²) in [6.07, 6.45) is 0. The summed E-state index contributed by atoms with van der Waals surface area (Å²) < 4.78 is 15.8. The summed E-state index contributed by atoms with van der Waals surface area (Å²) in [5.41, 5.74) is 2.78. The fourth-order valence-corrected chi connectivity index (χ4v) is 3.23. The van der Waals surface area contributed by atoms with Crippen molar-refractivity contribution in [1.82, 2.24) is 15.1 Å². The number of carbonyl (C=O) groups excluding carboxylic acids is 1. The zero-order valence-corrected chi connectivity index (χ0v) is 17.8. The van der Waals surface area contributed by atoms with Gasteiger partial charge in [0.1, 0.15) is 5.82 Å². The molecule has 152 valence electrons. The number of halogens is 2. The molecule has 1 aromatic heterocycles. The Balaban J connectivity index is 1.85. The van der Waals surface area contributed by atoms with E-state index in [9.17, 15) is 9.18 Å². The van der Waals surface area contributed by atoms with Crippen LogP contribution in [-0.4, -0.2) is 15.7 Å². The van der Waals surface area contributed by atoms with E-state index in [2.05, 4.69) is 26.1 Å². The fourth-order valence-electron chi connectivity index (χ4n) is 3.04. The number of rotatable bonds is 5. The van der Waals surface area contributed by atoms with Crippen LogP contribution in [-0.2, 0) is 16.8 Å². The lowest BCUT2D eigenvalue weighted by Gasteiger charge is -2.14. The Morgan fingerprint density at radius 3 is 2.55 bits per heavy atom.